The normalized spacial score (nSPS) is 17.4. The molecular weight excluding hydrogens is 307 g/mol. The summed E-state index contributed by atoms with van der Waals surface area (Å²) in [5.41, 5.74) is 0. The molecule has 0 atom stereocenters. The zero-order valence-electron chi connectivity index (χ0n) is 12.8. The monoisotopic (exact) mass is 328 g/mol. The van der Waals surface area contributed by atoms with Gasteiger partial charge in [0.15, 0.2) is 0 Å². The highest BCUT2D eigenvalue weighted by Gasteiger charge is 2.32. The van der Waals surface area contributed by atoms with E-state index in [9.17, 15) is 17.6 Å². The Hall–Kier alpha value is -1.47. The molecular formula is C15H21FN2O3S. The van der Waals surface area contributed by atoms with Crippen molar-refractivity contribution in [2.45, 2.75) is 24.7 Å². The Morgan fingerprint density at radius 2 is 1.82 bits per heavy atom. The number of hydrogen-bond acceptors (Lipinski definition) is 3. The second-order valence-corrected chi connectivity index (χ2v) is 7.42. The number of carbonyl (C=O) groups excluding carboxylic acids is 1. The molecule has 7 heteroatoms. The molecule has 0 bridgehead atoms. The van der Waals surface area contributed by atoms with E-state index in [1.165, 1.54) is 16.4 Å². The summed E-state index contributed by atoms with van der Waals surface area (Å²) >= 11 is 0. The van der Waals surface area contributed by atoms with Gasteiger partial charge in [0.05, 0.1) is 4.90 Å². The second-order valence-electron chi connectivity index (χ2n) is 5.48. The van der Waals surface area contributed by atoms with Crippen molar-refractivity contribution in [3.05, 3.63) is 30.1 Å². The third kappa shape index (κ3) is 3.47. The van der Waals surface area contributed by atoms with Crippen molar-refractivity contribution in [3.8, 4) is 0 Å². The topological polar surface area (TPSA) is 57.7 Å². The first kappa shape index (κ1) is 16.9. The molecule has 1 amide bonds. The molecule has 1 aromatic carbocycles. The van der Waals surface area contributed by atoms with Crippen LogP contribution in [0.5, 0.6) is 0 Å². The zero-order chi connectivity index (χ0) is 16.3. The highest BCUT2D eigenvalue weighted by Crippen LogP contribution is 2.25. The Morgan fingerprint density at radius 1 is 1.27 bits per heavy atom. The average molecular weight is 328 g/mol. The molecule has 0 radical (unpaired) electrons. The summed E-state index contributed by atoms with van der Waals surface area (Å²) in [5.74, 6) is -0.517. The van der Waals surface area contributed by atoms with E-state index < -0.39 is 15.8 Å². The van der Waals surface area contributed by atoms with Crippen LogP contribution in [0.15, 0.2) is 29.2 Å². The van der Waals surface area contributed by atoms with E-state index in [1.54, 1.807) is 11.9 Å². The SMILES string of the molecule is CCN(C)C(=O)C1CCN(S(=O)(=O)c2ccc(F)cc2)CC1. The Morgan fingerprint density at radius 3 is 2.32 bits per heavy atom. The number of hydrogen-bond donors (Lipinski definition) is 0. The minimum atomic E-state index is -3.61. The summed E-state index contributed by atoms with van der Waals surface area (Å²) in [6.07, 6.45) is 1.03. The van der Waals surface area contributed by atoms with Crippen LogP contribution in [0, 0.1) is 11.7 Å². The van der Waals surface area contributed by atoms with E-state index in [4.69, 9.17) is 0 Å². The number of nitrogens with zero attached hydrogens (tertiary/aromatic N) is 2. The predicted octanol–water partition coefficient (Wildman–Crippen LogP) is 1.70. The summed E-state index contributed by atoms with van der Waals surface area (Å²) in [6, 6.07) is 4.82. The number of rotatable bonds is 4. The Kier molecular flexibility index (Phi) is 5.18. The van der Waals surface area contributed by atoms with Gasteiger partial charge in [-0.25, -0.2) is 12.8 Å². The lowest BCUT2D eigenvalue weighted by atomic mass is 9.97. The fraction of sp³-hybridized carbons (Fsp3) is 0.533. The van der Waals surface area contributed by atoms with Gasteiger partial charge in [-0.1, -0.05) is 0 Å². The first-order chi connectivity index (χ1) is 10.4. The van der Waals surface area contributed by atoms with Gasteiger partial charge >= 0.3 is 0 Å². The molecule has 1 heterocycles. The van der Waals surface area contributed by atoms with Gasteiger partial charge < -0.3 is 4.90 Å². The second kappa shape index (κ2) is 6.75. The molecule has 0 unspecified atom stereocenters. The lowest BCUT2D eigenvalue weighted by Crippen LogP contribution is -2.43. The van der Waals surface area contributed by atoms with Gasteiger partial charge in [-0.05, 0) is 44.0 Å². The largest absolute Gasteiger partial charge is 0.346 e. The first-order valence-electron chi connectivity index (χ1n) is 7.37. The smallest absolute Gasteiger partial charge is 0.243 e. The quantitative estimate of drug-likeness (QED) is 0.845. The molecule has 122 valence electrons. The minimum absolute atomic E-state index is 0.0707. The maximum Gasteiger partial charge on any atom is 0.243 e. The van der Waals surface area contributed by atoms with Crippen molar-refractivity contribution in [3.63, 3.8) is 0 Å². The predicted molar refractivity (Wildman–Crippen MR) is 81.2 cm³/mol. The number of halogens is 1. The zero-order valence-corrected chi connectivity index (χ0v) is 13.6. The third-order valence-corrected chi connectivity index (χ3v) is 6.02. The molecule has 1 aromatic rings. The van der Waals surface area contributed by atoms with E-state index in [1.807, 2.05) is 6.92 Å². The van der Waals surface area contributed by atoms with Crippen LogP contribution in [0.2, 0.25) is 0 Å². The maximum absolute atomic E-state index is 12.9. The summed E-state index contributed by atoms with van der Waals surface area (Å²) in [6.45, 7) is 3.18. The minimum Gasteiger partial charge on any atom is -0.346 e. The van der Waals surface area contributed by atoms with Crippen LogP contribution in [-0.2, 0) is 14.8 Å². The van der Waals surface area contributed by atoms with Crippen molar-refractivity contribution < 1.29 is 17.6 Å². The highest BCUT2D eigenvalue weighted by molar-refractivity contribution is 7.89. The standard InChI is InChI=1S/C15H21FN2O3S/c1-3-17(2)15(19)12-8-10-18(11-9-12)22(20,21)14-6-4-13(16)5-7-14/h4-7,12H,3,8-11H2,1-2H3. The number of carbonyl (C=O) groups is 1. The molecule has 0 spiro atoms. The van der Waals surface area contributed by atoms with E-state index in [-0.39, 0.29) is 16.7 Å². The van der Waals surface area contributed by atoms with Crippen LogP contribution >= 0.6 is 0 Å². The molecule has 22 heavy (non-hydrogen) atoms. The molecule has 0 saturated carbocycles. The fourth-order valence-corrected chi connectivity index (χ4v) is 4.04. The molecule has 0 N–H and O–H groups in total. The van der Waals surface area contributed by atoms with Crippen LogP contribution in [-0.4, -0.2) is 50.2 Å². The van der Waals surface area contributed by atoms with Gasteiger partial charge in [0.25, 0.3) is 0 Å². The summed E-state index contributed by atoms with van der Waals surface area (Å²) in [7, 11) is -1.86. The highest BCUT2D eigenvalue weighted by atomic mass is 32.2. The average Bonchev–Trinajstić information content (AvgIpc) is 2.54. The summed E-state index contributed by atoms with van der Waals surface area (Å²) in [4.78, 5) is 13.9. The van der Waals surface area contributed by atoms with Crippen molar-refractivity contribution in [1.82, 2.24) is 9.21 Å². The molecule has 1 aliphatic heterocycles. The summed E-state index contributed by atoms with van der Waals surface area (Å²) < 4.78 is 39.2. The molecule has 0 aliphatic carbocycles. The number of amides is 1. The van der Waals surface area contributed by atoms with Gasteiger partial charge in [-0.2, -0.15) is 4.31 Å². The Labute approximate surface area is 130 Å². The van der Waals surface area contributed by atoms with Gasteiger partial charge in [-0.15, -0.1) is 0 Å². The van der Waals surface area contributed by atoms with Crippen LogP contribution in [0.1, 0.15) is 19.8 Å². The third-order valence-electron chi connectivity index (χ3n) is 4.11. The number of benzene rings is 1. The van der Waals surface area contributed by atoms with Gasteiger partial charge in [0.1, 0.15) is 5.82 Å². The van der Waals surface area contributed by atoms with Crippen LogP contribution in [0.3, 0.4) is 0 Å². The molecule has 0 aromatic heterocycles. The van der Waals surface area contributed by atoms with Crippen molar-refractivity contribution >= 4 is 15.9 Å². The summed E-state index contributed by atoms with van der Waals surface area (Å²) in [5, 5.41) is 0. The van der Waals surface area contributed by atoms with Gasteiger partial charge in [0.2, 0.25) is 15.9 Å². The van der Waals surface area contributed by atoms with E-state index in [2.05, 4.69) is 0 Å². The molecule has 2 rings (SSSR count). The first-order valence-corrected chi connectivity index (χ1v) is 8.81. The van der Waals surface area contributed by atoms with E-state index >= 15 is 0 Å². The maximum atomic E-state index is 12.9. The lowest BCUT2D eigenvalue weighted by Gasteiger charge is -2.32. The van der Waals surface area contributed by atoms with Crippen LogP contribution < -0.4 is 0 Å². The molecule has 1 fully saturated rings. The lowest BCUT2D eigenvalue weighted by molar-refractivity contribution is -0.135. The van der Waals surface area contributed by atoms with Crippen LogP contribution in [0.25, 0.3) is 0 Å². The van der Waals surface area contributed by atoms with Gasteiger partial charge in [-0.3, -0.25) is 4.79 Å². The fourth-order valence-electron chi connectivity index (χ4n) is 2.57. The molecule has 1 saturated heterocycles. The van der Waals surface area contributed by atoms with Gasteiger partial charge in [0, 0.05) is 32.6 Å². The van der Waals surface area contributed by atoms with E-state index in [0.29, 0.717) is 32.5 Å². The van der Waals surface area contributed by atoms with Crippen molar-refractivity contribution in [1.29, 1.82) is 0 Å². The molecule has 5 nitrogen and oxygen atoms in total. The molecule has 1 aliphatic rings. The van der Waals surface area contributed by atoms with Crippen LogP contribution in [0.4, 0.5) is 4.39 Å². The number of piperidine rings is 1. The Bertz CT molecular complexity index is 623. The van der Waals surface area contributed by atoms with Crippen molar-refractivity contribution in [2.75, 3.05) is 26.7 Å². The number of sulfonamides is 1. The van der Waals surface area contributed by atoms with Crippen molar-refractivity contribution in [2.24, 2.45) is 5.92 Å². The van der Waals surface area contributed by atoms with E-state index in [0.717, 1.165) is 12.1 Å². The Balaban J connectivity index is 2.05.